The molecule has 3 aromatic rings. The zero-order valence-electron chi connectivity index (χ0n) is 16.4. The Labute approximate surface area is 169 Å². The fourth-order valence-electron chi connectivity index (χ4n) is 3.62. The minimum atomic E-state index is -0.324. The maximum Gasteiger partial charge on any atom is 0.132 e. The quantitative estimate of drug-likeness (QED) is 0.694. The highest BCUT2D eigenvalue weighted by Crippen LogP contribution is 2.24. The molecular formula is C22H24FN5O. The molecule has 0 spiro atoms. The normalized spacial score (nSPS) is 17.5. The van der Waals surface area contributed by atoms with E-state index in [1.54, 1.807) is 30.7 Å². The Morgan fingerprint density at radius 2 is 2.00 bits per heavy atom. The van der Waals surface area contributed by atoms with E-state index in [1.807, 2.05) is 6.07 Å². The lowest BCUT2D eigenvalue weighted by molar-refractivity contribution is 0.198. The van der Waals surface area contributed by atoms with Crippen LogP contribution in [0.3, 0.4) is 0 Å². The summed E-state index contributed by atoms with van der Waals surface area (Å²) in [6.07, 6.45) is 6.69. The molecule has 0 bridgehead atoms. The summed E-state index contributed by atoms with van der Waals surface area (Å²) in [7, 11) is 0. The number of halogens is 1. The first kappa shape index (κ1) is 19.4. The van der Waals surface area contributed by atoms with Crippen LogP contribution in [0.25, 0.3) is 0 Å². The Morgan fingerprint density at radius 1 is 1.17 bits per heavy atom. The van der Waals surface area contributed by atoms with Crippen LogP contribution in [-0.4, -0.2) is 44.2 Å². The van der Waals surface area contributed by atoms with Crippen molar-refractivity contribution in [3.8, 4) is 0 Å². The highest BCUT2D eigenvalue weighted by atomic mass is 19.1. The van der Waals surface area contributed by atoms with Crippen molar-refractivity contribution in [3.05, 3.63) is 77.5 Å². The molecule has 29 heavy (non-hydrogen) atoms. The number of anilines is 1. The van der Waals surface area contributed by atoms with Gasteiger partial charge in [-0.05, 0) is 30.0 Å². The first-order valence-electron chi connectivity index (χ1n) is 9.87. The maximum absolute atomic E-state index is 13.2. The second kappa shape index (κ2) is 8.61. The predicted molar refractivity (Wildman–Crippen MR) is 108 cm³/mol. The van der Waals surface area contributed by atoms with E-state index in [2.05, 4.69) is 21.8 Å². The van der Waals surface area contributed by atoms with Gasteiger partial charge in [0.15, 0.2) is 0 Å². The molecule has 2 aromatic heterocycles. The summed E-state index contributed by atoms with van der Waals surface area (Å²) in [5, 5.41) is 9.92. The van der Waals surface area contributed by atoms with Crippen molar-refractivity contribution in [2.45, 2.75) is 38.2 Å². The van der Waals surface area contributed by atoms with E-state index < -0.39 is 0 Å². The molecule has 1 saturated heterocycles. The molecule has 1 unspecified atom stereocenters. The molecule has 150 valence electrons. The third kappa shape index (κ3) is 4.92. The van der Waals surface area contributed by atoms with E-state index in [1.165, 1.54) is 12.1 Å². The second-order valence-corrected chi connectivity index (χ2v) is 7.55. The number of hydrogen-bond donors (Lipinski definition) is 1. The van der Waals surface area contributed by atoms with Gasteiger partial charge in [-0.3, -0.25) is 9.97 Å². The fourth-order valence-corrected chi connectivity index (χ4v) is 3.62. The molecule has 6 nitrogen and oxygen atoms in total. The van der Waals surface area contributed by atoms with Crippen molar-refractivity contribution in [1.29, 1.82) is 0 Å². The molecule has 3 heterocycles. The van der Waals surface area contributed by atoms with Crippen LogP contribution >= 0.6 is 0 Å². The standard InChI is InChI=1S/C22H24FN5O/c1-15(16-2-4-17(23)5-3-16)10-21-26-18(11-19-13-24-7-8-25-19)12-22(27-21)28-9-6-20(29)14-28/h2-5,7-8,12-13,15,20,29H,6,9-11,14H2,1H3/t15-,20?/m1/s1. The Balaban J connectivity index is 1.60. The van der Waals surface area contributed by atoms with Crippen LogP contribution in [0.1, 0.15) is 42.0 Å². The smallest absolute Gasteiger partial charge is 0.132 e. The number of aliphatic hydroxyl groups is 1. The first-order valence-corrected chi connectivity index (χ1v) is 9.87. The number of nitrogens with zero attached hydrogens (tertiary/aromatic N) is 5. The zero-order valence-corrected chi connectivity index (χ0v) is 16.4. The van der Waals surface area contributed by atoms with Crippen LogP contribution in [0.15, 0.2) is 48.9 Å². The van der Waals surface area contributed by atoms with Crippen molar-refractivity contribution >= 4 is 5.82 Å². The molecule has 4 rings (SSSR count). The van der Waals surface area contributed by atoms with Crippen molar-refractivity contribution in [1.82, 2.24) is 19.9 Å². The number of hydrogen-bond acceptors (Lipinski definition) is 6. The van der Waals surface area contributed by atoms with Crippen molar-refractivity contribution < 1.29 is 9.50 Å². The minimum absolute atomic E-state index is 0.152. The summed E-state index contributed by atoms with van der Waals surface area (Å²) < 4.78 is 13.2. The molecule has 0 saturated carbocycles. The van der Waals surface area contributed by atoms with E-state index >= 15 is 0 Å². The highest BCUT2D eigenvalue weighted by molar-refractivity contribution is 5.42. The fraction of sp³-hybridized carbons (Fsp3) is 0.364. The summed E-state index contributed by atoms with van der Waals surface area (Å²) in [4.78, 5) is 20.1. The Morgan fingerprint density at radius 3 is 2.69 bits per heavy atom. The van der Waals surface area contributed by atoms with Crippen LogP contribution < -0.4 is 4.90 Å². The van der Waals surface area contributed by atoms with Gasteiger partial charge in [0.1, 0.15) is 17.5 Å². The molecule has 1 aliphatic heterocycles. The van der Waals surface area contributed by atoms with Gasteiger partial charge >= 0.3 is 0 Å². The number of rotatable bonds is 6. The summed E-state index contributed by atoms with van der Waals surface area (Å²) in [5.74, 6) is 1.48. The number of β-amino-alcohol motifs (C(OH)–C–C–N with tert-alkyl or cyclic N) is 1. The zero-order chi connectivity index (χ0) is 20.2. The van der Waals surface area contributed by atoms with Crippen LogP contribution in [0, 0.1) is 5.82 Å². The Bertz CT molecular complexity index is 951. The van der Waals surface area contributed by atoms with E-state index in [0.717, 1.165) is 41.6 Å². The lowest BCUT2D eigenvalue weighted by Crippen LogP contribution is -2.23. The lowest BCUT2D eigenvalue weighted by atomic mass is 9.97. The molecule has 1 N–H and O–H groups in total. The van der Waals surface area contributed by atoms with Crippen molar-refractivity contribution in [2.24, 2.45) is 0 Å². The monoisotopic (exact) mass is 393 g/mol. The lowest BCUT2D eigenvalue weighted by Gasteiger charge is -2.19. The molecule has 1 fully saturated rings. The third-order valence-corrected chi connectivity index (χ3v) is 5.21. The summed E-state index contributed by atoms with van der Waals surface area (Å²) in [6, 6.07) is 8.55. The average molecular weight is 393 g/mol. The second-order valence-electron chi connectivity index (χ2n) is 7.55. The summed E-state index contributed by atoms with van der Waals surface area (Å²) >= 11 is 0. The van der Waals surface area contributed by atoms with Crippen LogP contribution in [0.5, 0.6) is 0 Å². The largest absolute Gasteiger partial charge is 0.391 e. The van der Waals surface area contributed by atoms with Gasteiger partial charge in [-0.25, -0.2) is 14.4 Å². The molecule has 0 aliphatic carbocycles. The Hall–Kier alpha value is -2.93. The average Bonchev–Trinajstić information content (AvgIpc) is 3.15. The van der Waals surface area contributed by atoms with Crippen molar-refractivity contribution in [3.63, 3.8) is 0 Å². The van der Waals surface area contributed by atoms with Gasteiger partial charge in [0.2, 0.25) is 0 Å². The molecule has 1 aliphatic rings. The van der Waals surface area contributed by atoms with Gasteiger partial charge in [0, 0.05) is 50.6 Å². The predicted octanol–water partition coefficient (Wildman–Crippen LogP) is 2.91. The van der Waals surface area contributed by atoms with E-state index in [-0.39, 0.29) is 17.8 Å². The number of benzene rings is 1. The van der Waals surface area contributed by atoms with Gasteiger partial charge < -0.3 is 10.0 Å². The number of aliphatic hydroxyl groups excluding tert-OH is 1. The molecule has 7 heteroatoms. The van der Waals surface area contributed by atoms with Crippen LogP contribution in [0.2, 0.25) is 0 Å². The summed E-state index contributed by atoms with van der Waals surface area (Å²) in [6.45, 7) is 3.44. The van der Waals surface area contributed by atoms with Gasteiger partial charge in [-0.15, -0.1) is 0 Å². The van der Waals surface area contributed by atoms with Gasteiger partial charge in [-0.2, -0.15) is 0 Å². The molecule has 0 radical (unpaired) electrons. The van der Waals surface area contributed by atoms with Crippen LogP contribution in [-0.2, 0) is 12.8 Å². The third-order valence-electron chi connectivity index (χ3n) is 5.21. The van der Waals surface area contributed by atoms with E-state index in [4.69, 9.17) is 9.97 Å². The minimum Gasteiger partial charge on any atom is -0.391 e. The Kier molecular flexibility index (Phi) is 5.76. The maximum atomic E-state index is 13.2. The molecule has 0 amide bonds. The highest BCUT2D eigenvalue weighted by Gasteiger charge is 2.23. The van der Waals surface area contributed by atoms with Gasteiger partial charge in [0.25, 0.3) is 0 Å². The summed E-state index contributed by atoms with van der Waals surface area (Å²) in [5.41, 5.74) is 2.77. The van der Waals surface area contributed by atoms with Crippen LogP contribution in [0.4, 0.5) is 10.2 Å². The molecule has 2 atom stereocenters. The van der Waals surface area contributed by atoms with E-state index in [9.17, 15) is 9.50 Å². The molecule has 1 aromatic carbocycles. The number of aromatic nitrogens is 4. The van der Waals surface area contributed by atoms with Gasteiger partial charge in [0.05, 0.1) is 17.5 Å². The first-order chi connectivity index (χ1) is 14.1. The van der Waals surface area contributed by atoms with Gasteiger partial charge in [-0.1, -0.05) is 19.1 Å². The van der Waals surface area contributed by atoms with E-state index in [0.29, 0.717) is 19.4 Å². The molecular weight excluding hydrogens is 369 g/mol. The topological polar surface area (TPSA) is 75.0 Å². The van der Waals surface area contributed by atoms with Crippen molar-refractivity contribution in [2.75, 3.05) is 18.0 Å². The SMILES string of the molecule is C[C@H](Cc1nc(Cc2cnccn2)cc(N2CCC(O)C2)n1)c1ccc(F)cc1.